The Hall–Kier alpha value is -1.63. The van der Waals surface area contributed by atoms with Gasteiger partial charge in [-0.15, -0.1) is 0 Å². The predicted molar refractivity (Wildman–Crippen MR) is 72.6 cm³/mol. The molecule has 0 spiro atoms. The Balaban J connectivity index is 2.87. The molecule has 0 aliphatic heterocycles. The highest BCUT2D eigenvalue weighted by atomic mass is 35.5. The van der Waals surface area contributed by atoms with E-state index >= 15 is 0 Å². The Morgan fingerprint density at radius 1 is 1.26 bits per heavy atom. The standard InChI is InChI=1S/C11H18ClN5O2/c1-7(2)19-11-14-9(12)13-10(15-11)17(5)6-8(18)16(3)4/h7H,6H2,1-5H3. The lowest BCUT2D eigenvalue weighted by molar-refractivity contribution is -0.127. The number of rotatable bonds is 5. The summed E-state index contributed by atoms with van der Waals surface area (Å²) in [6, 6.07) is 0.147. The molecule has 0 aliphatic rings. The van der Waals surface area contributed by atoms with Crippen LogP contribution in [0, 0.1) is 0 Å². The minimum Gasteiger partial charge on any atom is -0.461 e. The van der Waals surface area contributed by atoms with Crippen molar-refractivity contribution in [1.82, 2.24) is 19.9 Å². The second-order valence-electron chi connectivity index (χ2n) is 4.50. The Morgan fingerprint density at radius 3 is 2.42 bits per heavy atom. The number of anilines is 1. The smallest absolute Gasteiger partial charge is 0.322 e. The molecule has 0 radical (unpaired) electrons. The van der Waals surface area contributed by atoms with E-state index in [2.05, 4.69) is 15.0 Å². The molecule has 0 atom stereocenters. The van der Waals surface area contributed by atoms with E-state index in [1.807, 2.05) is 13.8 Å². The molecular formula is C11H18ClN5O2. The molecule has 106 valence electrons. The molecule has 0 unspecified atom stereocenters. The summed E-state index contributed by atoms with van der Waals surface area (Å²) < 4.78 is 5.37. The summed E-state index contributed by atoms with van der Waals surface area (Å²) in [4.78, 5) is 26.7. The van der Waals surface area contributed by atoms with Gasteiger partial charge in [-0.2, -0.15) is 15.0 Å². The minimum absolute atomic E-state index is 0.0322. The fourth-order valence-electron chi connectivity index (χ4n) is 1.17. The van der Waals surface area contributed by atoms with E-state index in [1.165, 1.54) is 4.90 Å². The fraction of sp³-hybridized carbons (Fsp3) is 0.636. The van der Waals surface area contributed by atoms with Gasteiger partial charge in [0, 0.05) is 21.1 Å². The number of likely N-dealkylation sites (N-methyl/N-ethyl adjacent to an activating group) is 2. The highest BCUT2D eigenvalue weighted by Gasteiger charge is 2.14. The third-order valence-corrected chi connectivity index (χ3v) is 2.30. The van der Waals surface area contributed by atoms with Crippen molar-refractivity contribution in [2.45, 2.75) is 20.0 Å². The maximum atomic E-state index is 11.6. The van der Waals surface area contributed by atoms with E-state index in [-0.39, 0.29) is 29.8 Å². The molecule has 1 heterocycles. The van der Waals surface area contributed by atoms with Crippen molar-refractivity contribution in [2.75, 3.05) is 32.6 Å². The van der Waals surface area contributed by atoms with E-state index in [4.69, 9.17) is 16.3 Å². The van der Waals surface area contributed by atoms with Crippen LogP contribution in [0.4, 0.5) is 5.95 Å². The second kappa shape index (κ2) is 6.51. The highest BCUT2D eigenvalue weighted by Crippen LogP contribution is 2.15. The average molecular weight is 288 g/mol. The van der Waals surface area contributed by atoms with Gasteiger partial charge in [0.15, 0.2) is 0 Å². The van der Waals surface area contributed by atoms with Gasteiger partial charge in [0.2, 0.25) is 17.1 Å². The van der Waals surface area contributed by atoms with Crippen molar-refractivity contribution >= 4 is 23.5 Å². The normalized spacial score (nSPS) is 10.5. The predicted octanol–water partition coefficient (Wildman–Crippen LogP) is 0.837. The summed E-state index contributed by atoms with van der Waals surface area (Å²) in [7, 11) is 5.07. The topological polar surface area (TPSA) is 71.5 Å². The van der Waals surface area contributed by atoms with Gasteiger partial charge in [-0.3, -0.25) is 4.79 Å². The van der Waals surface area contributed by atoms with Crippen LogP contribution in [-0.4, -0.2) is 59.6 Å². The molecule has 0 aromatic carbocycles. The van der Waals surface area contributed by atoms with E-state index in [0.29, 0.717) is 5.95 Å². The molecule has 7 nitrogen and oxygen atoms in total. The number of halogens is 1. The molecule has 8 heteroatoms. The van der Waals surface area contributed by atoms with Crippen LogP contribution in [0.2, 0.25) is 5.28 Å². The van der Waals surface area contributed by atoms with Crippen molar-refractivity contribution in [3.05, 3.63) is 5.28 Å². The molecule has 0 saturated carbocycles. The van der Waals surface area contributed by atoms with Gasteiger partial charge >= 0.3 is 6.01 Å². The fourth-order valence-corrected chi connectivity index (χ4v) is 1.32. The molecule has 0 N–H and O–H groups in total. The molecule has 1 rings (SSSR count). The minimum atomic E-state index is -0.0694. The molecule has 1 aromatic rings. The highest BCUT2D eigenvalue weighted by molar-refractivity contribution is 6.28. The number of carbonyl (C=O) groups is 1. The molecule has 0 bridgehead atoms. The quantitative estimate of drug-likeness (QED) is 0.799. The first kappa shape index (κ1) is 15.4. The molecule has 19 heavy (non-hydrogen) atoms. The second-order valence-corrected chi connectivity index (χ2v) is 4.84. The van der Waals surface area contributed by atoms with Crippen LogP contribution in [0.3, 0.4) is 0 Å². The molecule has 0 saturated heterocycles. The summed E-state index contributed by atoms with van der Waals surface area (Å²) in [6.45, 7) is 3.86. The largest absolute Gasteiger partial charge is 0.461 e. The van der Waals surface area contributed by atoms with Crippen LogP contribution in [-0.2, 0) is 4.79 Å². The number of aromatic nitrogens is 3. The molecule has 0 aliphatic carbocycles. The summed E-state index contributed by atoms with van der Waals surface area (Å²) >= 11 is 5.81. The Bertz CT molecular complexity index is 453. The zero-order valence-corrected chi connectivity index (χ0v) is 12.5. The lowest BCUT2D eigenvalue weighted by atomic mass is 10.5. The van der Waals surface area contributed by atoms with E-state index in [1.54, 1.807) is 26.0 Å². The van der Waals surface area contributed by atoms with Gasteiger partial charge in [0.25, 0.3) is 0 Å². The monoisotopic (exact) mass is 287 g/mol. The van der Waals surface area contributed by atoms with Gasteiger partial charge in [-0.1, -0.05) is 0 Å². The van der Waals surface area contributed by atoms with Gasteiger partial charge in [-0.25, -0.2) is 0 Å². The van der Waals surface area contributed by atoms with Crippen molar-refractivity contribution in [3.63, 3.8) is 0 Å². The molecular weight excluding hydrogens is 270 g/mol. The van der Waals surface area contributed by atoms with Crippen LogP contribution >= 0.6 is 11.6 Å². The SMILES string of the molecule is CC(C)Oc1nc(Cl)nc(N(C)CC(=O)N(C)C)n1. The first-order valence-corrected chi connectivity index (χ1v) is 6.17. The van der Waals surface area contributed by atoms with Gasteiger partial charge < -0.3 is 14.5 Å². The molecule has 0 fully saturated rings. The molecule has 1 amide bonds. The number of nitrogens with zero attached hydrogens (tertiary/aromatic N) is 5. The van der Waals surface area contributed by atoms with Crippen LogP contribution in [0.25, 0.3) is 0 Å². The number of hydrogen-bond acceptors (Lipinski definition) is 6. The van der Waals surface area contributed by atoms with Crippen LogP contribution < -0.4 is 9.64 Å². The summed E-state index contributed by atoms with van der Waals surface area (Å²) in [5, 5.41) is 0.0322. The number of ether oxygens (including phenoxy) is 1. The number of hydrogen-bond donors (Lipinski definition) is 0. The summed E-state index contributed by atoms with van der Waals surface area (Å²) in [5.41, 5.74) is 0. The zero-order chi connectivity index (χ0) is 14.6. The summed E-state index contributed by atoms with van der Waals surface area (Å²) in [5.74, 6) is 0.233. The first-order chi connectivity index (χ1) is 8.79. The lowest BCUT2D eigenvalue weighted by Crippen LogP contribution is -2.35. The van der Waals surface area contributed by atoms with Gasteiger partial charge in [-0.05, 0) is 25.4 Å². The van der Waals surface area contributed by atoms with Crippen molar-refractivity contribution in [1.29, 1.82) is 0 Å². The summed E-state index contributed by atoms with van der Waals surface area (Å²) in [6.07, 6.45) is -0.0694. The Kier molecular flexibility index (Phi) is 5.29. The number of amides is 1. The van der Waals surface area contributed by atoms with Crippen molar-refractivity contribution < 1.29 is 9.53 Å². The Labute approximate surface area is 117 Å². The van der Waals surface area contributed by atoms with E-state index in [0.717, 1.165) is 0 Å². The van der Waals surface area contributed by atoms with Crippen molar-refractivity contribution in [2.24, 2.45) is 0 Å². The Morgan fingerprint density at radius 2 is 1.89 bits per heavy atom. The maximum Gasteiger partial charge on any atom is 0.322 e. The van der Waals surface area contributed by atoms with E-state index in [9.17, 15) is 4.79 Å². The van der Waals surface area contributed by atoms with Crippen LogP contribution in [0.15, 0.2) is 0 Å². The van der Waals surface area contributed by atoms with Crippen LogP contribution in [0.5, 0.6) is 6.01 Å². The van der Waals surface area contributed by atoms with Crippen LogP contribution in [0.1, 0.15) is 13.8 Å². The number of carbonyl (C=O) groups excluding carboxylic acids is 1. The van der Waals surface area contributed by atoms with Gasteiger partial charge in [0.05, 0.1) is 12.6 Å². The van der Waals surface area contributed by atoms with E-state index < -0.39 is 0 Å². The third-order valence-electron chi connectivity index (χ3n) is 2.13. The zero-order valence-electron chi connectivity index (χ0n) is 11.7. The van der Waals surface area contributed by atoms with Gasteiger partial charge in [0.1, 0.15) is 0 Å². The first-order valence-electron chi connectivity index (χ1n) is 5.79. The average Bonchev–Trinajstić information content (AvgIpc) is 2.26. The molecule has 1 aromatic heterocycles. The lowest BCUT2D eigenvalue weighted by Gasteiger charge is -2.19. The third kappa shape index (κ3) is 4.86. The maximum absolute atomic E-state index is 11.6. The van der Waals surface area contributed by atoms with Crippen molar-refractivity contribution in [3.8, 4) is 6.01 Å².